The molecule has 3 N–H and O–H groups in total. The van der Waals surface area contributed by atoms with Gasteiger partial charge < -0.3 is 20.3 Å². The zero-order chi connectivity index (χ0) is 27.4. The quantitative estimate of drug-likeness (QED) is 0.199. The zero-order valence-corrected chi connectivity index (χ0v) is 22.5. The van der Waals surface area contributed by atoms with Gasteiger partial charge >= 0.3 is 5.97 Å². The standard InChI is InChI=1S/C30H38N4O4/c1-4-33(5-2)29(36)23-10-8-9-20(15-23)21-13-14-22-17-26-28(25(22)16-21)24(11-6-7-12-27(31)32)30(37)34(26)18-38-19(3)35/h8-10,13-16,24,26,28H,4-7,11-12,17-18H2,1-3H3,(H3,31,32)/t24-,26+,28+/m0/s1. The predicted octanol–water partition coefficient (Wildman–Crippen LogP) is 4.32. The maximum Gasteiger partial charge on any atom is 0.304 e. The Balaban J connectivity index is 1.63. The van der Waals surface area contributed by atoms with Crippen LogP contribution in [0.5, 0.6) is 0 Å². The highest BCUT2D eigenvalue weighted by Crippen LogP contribution is 2.49. The molecule has 0 aromatic heterocycles. The summed E-state index contributed by atoms with van der Waals surface area (Å²) in [4.78, 5) is 41.5. The molecule has 8 nitrogen and oxygen atoms in total. The van der Waals surface area contributed by atoms with E-state index in [2.05, 4.69) is 18.2 Å². The van der Waals surface area contributed by atoms with Crippen LogP contribution in [0.15, 0.2) is 42.5 Å². The minimum atomic E-state index is -0.406. The lowest BCUT2D eigenvalue weighted by Gasteiger charge is -2.23. The first-order chi connectivity index (χ1) is 18.2. The van der Waals surface area contributed by atoms with Crippen molar-refractivity contribution in [3.63, 3.8) is 0 Å². The lowest BCUT2D eigenvalue weighted by molar-refractivity contribution is -0.151. The van der Waals surface area contributed by atoms with E-state index in [1.165, 1.54) is 12.5 Å². The minimum Gasteiger partial charge on any atom is -0.444 e. The van der Waals surface area contributed by atoms with Gasteiger partial charge in [0, 0.05) is 49.9 Å². The summed E-state index contributed by atoms with van der Waals surface area (Å²) in [6, 6.07) is 14.1. The van der Waals surface area contributed by atoms with Crippen molar-refractivity contribution >= 4 is 23.6 Å². The van der Waals surface area contributed by atoms with E-state index < -0.39 is 5.97 Å². The van der Waals surface area contributed by atoms with Gasteiger partial charge in [0.2, 0.25) is 5.91 Å². The van der Waals surface area contributed by atoms with Crippen LogP contribution >= 0.6 is 0 Å². The van der Waals surface area contributed by atoms with Gasteiger partial charge in [-0.3, -0.25) is 19.8 Å². The second-order valence-corrected chi connectivity index (χ2v) is 10.2. The molecule has 2 amide bonds. The second kappa shape index (κ2) is 11.8. The Hall–Kier alpha value is -3.68. The van der Waals surface area contributed by atoms with Crippen LogP contribution in [-0.4, -0.2) is 59.3 Å². The van der Waals surface area contributed by atoms with Crippen LogP contribution < -0.4 is 5.73 Å². The fourth-order valence-corrected chi connectivity index (χ4v) is 5.98. The van der Waals surface area contributed by atoms with Crippen molar-refractivity contribution in [2.75, 3.05) is 19.8 Å². The number of ether oxygens (including phenoxy) is 1. The number of carbonyl (C=O) groups is 3. The first kappa shape index (κ1) is 27.4. The molecule has 2 aliphatic rings. The molecule has 0 saturated carbocycles. The van der Waals surface area contributed by atoms with Gasteiger partial charge in [-0.05, 0) is 67.5 Å². The SMILES string of the molecule is CCN(CC)C(=O)c1cccc(-c2ccc3c(c2)[C@H]2[C@H](CCCCC(=N)N)C(=O)N(COC(C)=O)[C@@H]2C3)c1. The van der Waals surface area contributed by atoms with E-state index in [-0.39, 0.29) is 42.3 Å². The minimum absolute atomic E-state index is 0.00539. The Bertz CT molecular complexity index is 1220. The lowest BCUT2D eigenvalue weighted by Crippen LogP contribution is -2.37. The zero-order valence-electron chi connectivity index (χ0n) is 22.5. The third-order valence-corrected chi connectivity index (χ3v) is 7.89. The molecule has 0 radical (unpaired) electrons. The van der Waals surface area contributed by atoms with Crippen molar-refractivity contribution in [3.8, 4) is 11.1 Å². The molecule has 0 unspecified atom stereocenters. The van der Waals surface area contributed by atoms with Gasteiger partial charge in [0.15, 0.2) is 6.73 Å². The number of fused-ring (bicyclic) bond motifs is 3. The molecule has 1 heterocycles. The van der Waals surface area contributed by atoms with Crippen molar-refractivity contribution in [1.29, 1.82) is 5.41 Å². The molecule has 1 fully saturated rings. The van der Waals surface area contributed by atoms with Crippen LogP contribution in [0.1, 0.15) is 73.9 Å². The third kappa shape index (κ3) is 5.59. The van der Waals surface area contributed by atoms with E-state index in [9.17, 15) is 14.4 Å². The Morgan fingerprint density at radius 3 is 2.53 bits per heavy atom. The topological polar surface area (TPSA) is 117 Å². The fraction of sp³-hybridized carbons (Fsp3) is 0.467. The molecule has 0 bridgehead atoms. The normalized spacial score (nSPS) is 19.7. The summed E-state index contributed by atoms with van der Waals surface area (Å²) in [5, 5.41) is 7.49. The van der Waals surface area contributed by atoms with Gasteiger partial charge in [0.1, 0.15) is 0 Å². The number of likely N-dealkylation sites (tertiary alicyclic amines) is 1. The largest absolute Gasteiger partial charge is 0.444 e. The smallest absolute Gasteiger partial charge is 0.304 e. The van der Waals surface area contributed by atoms with Gasteiger partial charge in [0.25, 0.3) is 5.91 Å². The Morgan fingerprint density at radius 2 is 1.84 bits per heavy atom. The Morgan fingerprint density at radius 1 is 1.11 bits per heavy atom. The molecule has 202 valence electrons. The average Bonchev–Trinajstić information content (AvgIpc) is 3.39. The van der Waals surface area contributed by atoms with Gasteiger partial charge in [-0.25, -0.2) is 0 Å². The molecule has 2 aromatic carbocycles. The highest BCUT2D eigenvalue weighted by atomic mass is 16.5. The highest BCUT2D eigenvalue weighted by molar-refractivity contribution is 5.95. The van der Waals surface area contributed by atoms with Gasteiger partial charge in [0.05, 0.1) is 5.84 Å². The number of carbonyl (C=O) groups excluding carboxylic acids is 3. The number of amides is 2. The van der Waals surface area contributed by atoms with Crippen molar-refractivity contribution < 1.29 is 19.1 Å². The van der Waals surface area contributed by atoms with Crippen LogP contribution in [0.2, 0.25) is 0 Å². The van der Waals surface area contributed by atoms with Crippen LogP contribution in [0, 0.1) is 11.3 Å². The second-order valence-electron chi connectivity index (χ2n) is 10.2. The van der Waals surface area contributed by atoms with Crippen molar-refractivity contribution in [3.05, 3.63) is 59.2 Å². The number of rotatable bonds is 11. The summed E-state index contributed by atoms with van der Waals surface area (Å²) < 4.78 is 5.26. The number of hydrogen-bond donors (Lipinski definition) is 2. The number of unbranched alkanes of at least 4 members (excludes halogenated alkanes) is 1. The summed E-state index contributed by atoms with van der Waals surface area (Å²) >= 11 is 0. The average molecular weight is 519 g/mol. The molecule has 0 spiro atoms. The number of hydrogen-bond acceptors (Lipinski definition) is 5. The highest BCUT2D eigenvalue weighted by Gasteiger charge is 2.52. The number of nitrogens with two attached hydrogens (primary N) is 1. The molecule has 1 saturated heterocycles. The molecule has 8 heteroatoms. The van der Waals surface area contributed by atoms with Gasteiger partial charge in [-0.2, -0.15) is 0 Å². The molecule has 4 rings (SSSR count). The summed E-state index contributed by atoms with van der Waals surface area (Å²) in [7, 11) is 0. The number of benzene rings is 2. The van der Waals surface area contributed by atoms with E-state index in [0.29, 0.717) is 31.5 Å². The molecule has 3 atom stereocenters. The molecule has 1 aliphatic heterocycles. The van der Waals surface area contributed by atoms with E-state index in [1.54, 1.807) is 4.90 Å². The van der Waals surface area contributed by atoms with Crippen molar-refractivity contribution in [2.24, 2.45) is 11.7 Å². The van der Waals surface area contributed by atoms with E-state index in [4.69, 9.17) is 15.9 Å². The van der Waals surface area contributed by atoms with Crippen LogP contribution in [-0.2, 0) is 20.7 Å². The number of esters is 1. The van der Waals surface area contributed by atoms with Gasteiger partial charge in [-0.1, -0.05) is 36.8 Å². The molecule has 38 heavy (non-hydrogen) atoms. The van der Waals surface area contributed by atoms with Crippen LogP contribution in [0.25, 0.3) is 11.1 Å². The van der Waals surface area contributed by atoms with E-state index >= 15 is 0 Å². The van der Waals surface area contributed by atoms with Crippen LogP contribution in [0.3, 0.4) is 0 Å². The number of nitrogens with zero attached hydrogens (tertiary/aromatic N) is 2. The first-order valence-corrected chi connectivity index (χ1v) is 13.5. The van der Waals surface area contributed by atoms with Crippen molar-refractivity contribution in [2.45, 2.75) is 64.8 Å². The maximum absolute atomic E-state index is 13.5. The van der Waals surface area contributed by atoms with Crippen LogP contribution in [0.4, 0.5) is 0 Å². The summed E-state index contributed by atoms with van der Waals surface area (Å²) in [5.74, 6) is -0.413. The number of amidine groups is 1. The van der Waals surface area contributed by atoms with E-state index in [1.807, 2.05) is 43.0 Å². The first-order valence-electron chi connectivity index (χ1n) is 13.5. The van der Waals surface area contributed by atoms with E-state index in [0.717, 1.165) is 36.0 Å². The third-order valence-electron chi connectivity index (χ3n) is 7.89. The summed E-state index contributed by atoms with van der Waals surface area (Å²) in [6.07, 6.45) is 3.50. The molecular formula is C30H38N4O4. The summed E-state index contributed by atoms with van der Waals surface area (Å²) in [6.45, 7) is 6.60. The maximum atomic E-state index is 13.5. The fourth-order valence-electron chi connectivity index (χ4n) is 5.98. The summed E-state index contributed by atoms with van der Waals surface area (Å²) in [5.41, 5.74) is 10.5. The van der Waals surface area contributed by atoms with Crippen molar-refractivity contribution in [1.82, 2.24) is 9.80 Å². The Labute approximate surface area is 224 Å². The molecular weight excluding hydrogens is 480 g/mol. The molecule has 2 aromatic rings. The molecule has 1 aliphatic carbocycles. The predicted molar refractivity (Wildman–Crippen MR) is 147 cm³/mol. The Kier molecular flexibility index (Phi) is 8.49. The number of nitrogens with one attached hydrogen (secondary N) is 1. The van der Waals surface area contributed by atoms with Gasteiger partial charge in [-0.15, -0.1) is 0 Å². The monoisotopic (exact) mass is 518 g/mol. The lowest BCUT2D eigenvalue weighted by atomic mass is 9.83.